The predicted molar refractivity (Wildman–Crippen MR) is 97.1 cm³/mol. The molecular formula is C21H16N2O4. The number of hydrogen-bond acceptors (Lipinski definition) is 4. The Labute approximate surface area is 153 Å². The van der Waals surface area contributed by atoms with E-state index >= 15 is 0 Å². The van der Waals surface area contributed by atoms with E-state index in [0.29, 0.717) is 23.0 Å². The molecule has 5 rings (SSSR count). The number of nitrogens with two attached hydrogens (primary N) is 1. The van der Waals surface area contributed by atoms with Gasteiger partial charge in [-0.15, -0.1) is 0 Å². The monoisotopic (exact) mass is 360 g/mol. The fourth-order valence-electron chi connectivity index (χ4n) is 4.05. The van der Waals surface area contributed by atoms with Gasteiger partial charge in [-0.05, 0) is 23.8 Å². The number of aromatic amines is 1. The molecule has 0 aliphatic carbocycles. The Morgan fingerprint density at radius 1 is 1.11 bits per heavy atom. The van der Waals surface area contributed by atoms with Crippen LogP contribution in [0.4, 0.5) is 0 Å². The van der Waals surface area contributed by atoms with E-state index in [0.717, 1.165) is 22.2 Å². The molecule has 2 aromatic heterocycles. The zero-order chi connectivity index (χ0) is 18.5. The number of fused-ring (bicyclic) bond motifs is 4. The maximum absolute atomic E-state index is 13.1. The zero-order valence-electron chi connectivity index (χ0n) is 14.3. The highest BCUT2D eigenvalue weighted by Crippen LogP contribution is 2.31. The number of carboxylic acid groups (broad SMARTS) is 1. The average Bonchev–Trinajstić information content (AvgIpc) is 3.07. The summed E-state index contributed by atoms with van der Waals surface area (Å²) in [5.41, 5.74) is 3.46. The average molecular weight is 360 g/mol. The van der Waals surface area contributed by atoms with Crippen molar-refractivity contribution in [3.63, 3.8) is 0 Å². The van der Waals surface area contributed by atoms with Crippen molar-refractivity contribution in [2.45, 2.75) is 18.5 Å². The van der Waals surface area contributed by atoms with Gasteiger partial charge in [0.1, 0.15) is 17.9 Å². The van der Waals surface area contributed by atoms with E-state index in [1.165, 1.54) is 6.26 Å². The molecule has 27 heavy (non-hydrogen) atoms. The van der Waals surface area contributed by atoms with Crippen molar-refractivity contribution < 1.29 is 19.6 Å². The van der Waals surface area contributed by atoms with E-state index in [9.17, 15) is 14.7 Å². The van der Waals surface area contributed by atoms with Crippen LogP contribution < -0.4 is 15.9 Å². The van der Waals surface area contributed by atoms with Crippen LogP contribution in [0.1, 0.15) is 22.9 Å². The van der Waals surface area contributed by atoms with Crippen LogP contribution in [0.3, 0.4) is 0 Å². The third-order valence-corrected chi connectivity index (χ3v) is 5.35. The summed E-state index contributed by atoms with van der Waals surface area (Å²) < 4.78 is 5.66. The minimum absolute atomic E-state index is 0.151. The summed E-state index contributed by atoms with van der Waals surface area (Å²) >= 11 is 0. The minimum Gasteiger partial charge on any atom is -0.544 e. The number of nitrogens with one attached hydrogen (secondary N) is 1. The number of H-pyrrole nitrogens is 1. The normalized spacial score (nSPS) is 19.3. The SMILES string of the molecule is O=C([O-])[C@@H]1Cc2c([nH]c3ccccc23)[C@H](c2coc3ccccc3c2=O)[NH2+]1. The van der Waals surface area contributed by atoms with E-state index in [4.69, 9.17) is 4.42 Å². The molecule has 134 valence electrons. The van der Waals surface area contributed by atoms with Crippen molar-refractivity contribution in [1.29, 1.82) is 0 Å². The van der Waals surface area contributed by atoms with Crippen LogP contribution in [-0.4, -0.2) is 17.0 Å². The number of rotatable bonds is 2. The molecule has 0 bridgehead atoms. The Balaban J connectivity index is 1.76. The van der Waals surface area contributed by atoms with E-state index in [1.807, 2.05) is 24.3 Å². The fourth-order valence-corrected chi connectivity index (χ4v) is 4.05. The molecule has 1 aliphatic heterocycles. The molecular weight excluding hydrogens is 344 g/mol. The van der Waals surface area contributed by atoms with Crippen LogP contribution in [0, 0.1) is 0 Å². The van der Waals surface area contributed by atoms with Gasteiger partial charge >= 0.3 is 0 Å². The van der Waals surface area contributed by atoms with E-state index in [2.05, 4.69) is 4.98 Å². The molecule has 0 saturated heterocycles. The maximum Gasteiger partial charge on any atom is 0.202 e. The van der Waals surface area contributed by atoms with E-state index in [1.54, 1.807) is 29.6 Å². The first kappa shape index (κ1) is 15.8. The predicted octanol–water partition coefficient (Wildman–Crippen LogP) is 0.602. The van der Waals surface area contributed by atoms with Gasteiger partial charge < -0.3 is 24.6 Å². The molecule has 0 unspecified atom stereocenters. The van der Waals surface area contributed by atoms with Crippen LogP contribution in [0.5, 0.6) is 0 Å². The van der Waals surface area contributed by atoms with Gasteiger partial charge in [0.25, 0.3) is 0 Å². The lowest BCUT2D eigenvalue weighted by Crippen LogP contribution is -2.96. The summed E-state index contributed by atoms with van der Waals surface area (Å²) in [6.07, 6.45) is 1.79. The zero-order valence-corrected chi connectivity index (χ0v) is 14.3. The Hall–Kier alpha value is -3.38. The lowest BCUT2D eigenvalue weighted by atomic mass is 9.90. The van der Waals surface area contributed by atoms with Crippen molar-refractivity contribution in [3.8, 4) is 0 Å². The second-order valence-corrected chi connectivity index (χ2v) is 6.88. The van der Waals surface area contributed by atoms with Crippen LogP contribution >= 0.6 is 0 Å². The Morgan fingerprint density at radius 2 is 1.85 bits per heavy atom. The van der Waals surface area contributed by atoms with Gasteiger partial charge in [0.05, 0.1) is 22.6 Å². The first-order valence-corrected chi connectivity index (χ1v) is 8.79. The number of carbonyl (C=O) groups is 1. The van der Waals surface area contributed by atoms with Gasteiger partial charge in [-0.3, -0.25) is 4.79 Å². The highest BCUT2D eigenvalue weighted by molar-refractivity contribution is 5.86. The minimum atomic E-state index is -1.14. The number of para-hydroxylation sites is 2. The lowest BCUT2D eigenvalue weighted by molar-refractivity contribution is -0.717. The van der Waals surface area contributed by atoms with Crippen LogP contribution in [-0.2, 0) is 11.2 Å². The first-order valence-electron chi connectivity index (χ1n) is 8.79. The Bertz CT molecular complexity index is 1250. The standard InChI is InChI=1S/C21H16N2O4/c24-20-12-6-2-4-8-17(12)27-10-14(20)19-18-13(9-16(23-19)21(25)26)11-5-1-3-7-15(11)22-18/h1-8,10,16,19,22-23H,9H2,(H,25,26)/t16-,19-/m0/s1. The first-order chi connectivity index (χ1) is 13.1. The largest absolute Gasteiger partial charge is 0.544 e. The van der Waals surface area contributed by atoms with Crippen molar-refractivity contribution in [3.05, 3.63) is 81.8 Å². The number of hydrogen-bond donors (Lipinski definition) is 2. The van der Waals surface area contributed by atoms with Gasteiger partial charge in [0, 0.05) is 17.3 Å². The van der Waals surface area contributed by atoms with Crippen LogP contribution in [0.15, 0.2) is 64.0 Å². The molecule has 0 saturated carbocycles. The highest BCUT2D eigenvalue weighted by atomic mass is 16.4. The quantitative estimate of drug-likeness (QED) is 0.546. The fraction of sp³-hybridized carbons (Fsp3) is 0.143. The molecule has 3 N–H and O–H groups in total. The maximum atomic E-state index is 13.1. The second kappa shape index (κ2) is 5.82. The van der Waals surface area contributed by atoms with Crippen LogP contribution in [0.25, 0.3) is 21.9 Å². The summed E-state index contributed by atoms with van der Waals surface area (Å²) in [6, 6.07) is 13.5. The molecule has 6 heteroatoms. The Kier molecular flexibility index (Phi) is 3.42. The number of carbonyl (C=O) groups excluding carboxylic acids is 1. The van der Waals surface area contributed by atoms with Gasteiger partial charge in [-0.25, -0.2) is 0 Å². The molecule has 0 fully saturated rings. The molecule has 1 aliphatic rings. The smallest absolute Gasteiger partial charge is 0.202 e. The molecule has 6 nitrogen and oxygen atoms in total. The Morgan fingerprint density at radius 3 is 2.67 bits per heavy atom. The van der Waals surface area contributed by atoms with Gasteiger partial charge in [0.2, 0.25) is 5.43 Å². The number of quaternary nitrogens is 1. The highest BCUT2D eigenvalue weighted by Gasteiger charge is 2.36. The number of carboxylic acids is 1. The molecule has 2 atom stereocenters. The van der Waals surface area contributed by atoms with E-state index in [-0.39, 0.29) is 5.43 Å². The summed E-state index contributed by atoms with van der Waals surface area (Å²) in [7, 11) is 0. The number of benzene rings is 2. The molecule has 3 heterocycles. The van der Waals surface area contributed by atoms with Crippen molar-refractivity contribution >= 4 is 27.8 Å². The van der Waals surface area contributed by atoms with Gasteiger partial charge in [-0.2, -0.15) is 0 Å². The van der Waals surface area contributed by atoms with Crippen molar-refractivity contribution in [2.24, 2.45) is 0 Å². The van der Waals surface area contributed by atoms with Gasteiger partial charge in [0.15, 0.2) is 6.04 Å². The van der Waals surface area contributed by atoms with Gasteiger partial charge in [-0.1, -0.05) is 30.3 Å². The summed E-state index contributed by atoms with van der Waals surface area (Å²) in [5, 5.41) is 14.8. The molecule has 0 spiro atoms. The number of aliphatic carboxylic acids is 1. The summed E-state index contributed by atoms with van der Waals surface area (Å²) in [4.78, 5) is 28.1. The topological polar surface area (TPSA) is 103 Å². The third-order valence-electron chi connectivity index (χ3n) is 5.35. The summed E-state index contributed by atoms with van der Waals surface area (Å²) in [6.45, 7) is 0. The van der Waals surface area contributed by atoms with E-state index < -0.39 is 18.1 Å². The number of aromatic nitrogens is 1. The molecule has 0 amide bonds. The van der Waals surface area contributed by atoms with Crippen LogP contribution in [0.2, 0.25) is 0 Å². The second-order valence-electron chi connectivity index (χ2n) is 6.88. The summed E-state index contributed by atoms with van der Waals surface area (Å²) in [5.74, 6) is -1.14. The van der Waals surface area contributed by atoms with Crippen molar-refractivity contribution in [1.82, 2.24) is 4.98 Å². The molecule has 4 aromatic rings. The third kappa shape index (κ3) is 2.38. The van der Waals surface area contributed by atoms with Crippen molar-refractivity contribution in [2.75, 3.05) is 0 Å². The molecule has 2 aromatic carbocycles. The molecule has 0 radical (unpaired) electrons. The lowest BCUT2D eigenvalue weighted by Gasteiger charge is -2.28.